The number of nitrogens with zero attached hydrogens (tertiary/aromatic N) is 2. The Labute approximate surface area is 105 Å². The second kappa shape index (κ2) is 3.35. The first-order valence-corrected chi connectivity index (χ1v) is 6.00. The zero-order valence-electron chi connectivity index (χ0n) is 10.1. The number of aromatic nitrogens is 2. The predicted octanol–water partition coefficient (Wildman–Crippen LogP) is 3.07. The SMILES string of the molecule is COc1cccc2c1Cn1c-2nc2ccccc21. The highest BCUT2D eigenvalue weighted by Gasteiger charge is 2.24. The normalized spacial score (nSPS) is 12.5. The molecule has 0 aliphatic carbocycles. The lowest BCUT2D eigenvalue weighted by Gasteiger charge is -2.05. The Balaban J connectivity index is 2.04. The minimum absolute atomic E-state index is 0.842. The van der Waals surface area contributed by atoms with Crippen LogP contribution in [0.15, 0.2) is 42.5 Å². The molecule has 0 spiro atoms. The molecule has 0 fully saturated rings. The van der Waals surface area contributed by atoms with E-state index in [1.54, 1.807) is 7.11 Å². The van der Waals surface area contributed by atoms with Gasteiger partial charge in [0.1, 0.15) is 11.6 Å². The Morgan fingerprint density at radius 3 is 2.89 bits per heavy atom. The van der Waals surface area contributed by atoms with E-state index in [9.17, 15) is 0 Å². The van der Waals surface area contributed by atoms with E-state index in [1.807, 2.05) is 18.2 Å². The Hall–Kier alpha value is -2.29. The van der Waals surface area contributed by atoms with Crippen LogP contribution in [0.2, 0.25) is 0 Å². The van der Waals surface area contributed by atoms with Gasteiger partial charge >= 0.3 is 0 Å². The van der Waals surface area contributed by atoms with Crippen molar-refractivity contribution in [3.63, 3.8) is 0 Å². The minimum atomic E-state index is 0.842. The summed E-state index contributed by atoms with van der Waals surface area (Å²) in [5.74, 6) is 1.99. The number of hydrogen-bond donors (Lipinski definition) is 0. The zero-order chi connectivity index (χ0) is 12.1. The summed E-state index contributed by atoms with van der Waals surface area (Å²) in [6.45, 7) is 0.842. The van der Waals surface area contributed by atoms with Crippen LogP contribution in [0.3, 0.4) is 0 Å². The maximum Gasteiger partial charge on any atom is 0.141 e. The van der Waals surface area contributed by atoms with Crippen molar-refractivity contribution >= 4 is 11.0 Å². The van der Waals surface area contributed by atoms with Crippen LogP contribution in [0.1, 0.15) is 5.56 Å². The van der Waals surface area contributed by atoms with Gasteiger partial charge in [-0.25, -0.2) is 4.98 Å². The Kier molecular flexibility index (Phi) is 1.81. The van der Waals surface area contributed by atoms with Crippen LogP contribution in [0.4, 0.5) is 0 Å². The second-order valence-electron chi connectivity index (χ2n) is 4.50. The lowest BCUT2D eigenvalue weighted by molar-refractivity contribution is 0.410. The molecule has 0 unspecified atom stereocenters. The smallest absolute Gasteiger partial charge is 0.141 e. The molecule has 0 amide bonds. The van der Waals surface area contributed by atoms with Gasteiger partial charge < -0.3 is 9.30 Å². The van der Waals surface area contributed by atoms with Crippen LogP contribution < -0.4 is 4.74 Å². The molecule has 4 rings (SSSR count). The highest BCUT2D eigenvalue weighted by Crippen LogP contribution is 2.38. The first kappa shape index (κ1) is 9.71. The molecular weight excluding hydrogens is 224 g/mol. The standard InChI is InChI=1S/C15H12N2O/c1-18-14-8-4-5-10-11(14)9-17-13-7-3-2-6-12(13)16-15(10)17/h2-8H,9H2,1H3. The molecule has 3 nitrogen and oxygen atoms in total. The van der Waals surface area contributed by atoms with Gasteiger partial charge in [0.05, 0.1) is 24.7 Å². The average Bonchev–Trinajstić information content (AvgIpc) is 2.94. The summed E-state index contributed by atoms with van der Waals surface area (Å²) in [7, 11) is 1.72. The van der Waals surface area contributed by atoms with Crippen molar-refractivity contribution in [1.82, 2.24) is 9.55 Å². The predicted molar refractivity (Wildman–Crippen MR) is 70.8 cm³/mol. The average molecular weight is 236 g/mol. The van der Waals surface area contributed by atoms with E-state index in [-0.39, 0.29) is 0 Å². The van der Waals surface area contributed by atoms with E-state index in [2.05, 4.69) is 28.8 Å². The molecule has 0 atom stereocenters. The van der Waals surface area contributed by atoms with Crippen LogP contribution in [0, 0.1) is 0 Å². The van der Waals surface area contributed by atoms with E-state index in [4.69, 9.17) is 9.72 Å². The number of benzene rings is 2. The van der Waals surface area contributed by atoms with Crippen LogP contribution in [-0.2, 0) is 6.54 Å². The molecule has 88 valence electrons. The largest absolute Gasteiger partial charge is 0.496 e. The van der Waals surface area contributed by atoms with Crippen molar-refractivity contribution in [2.24, 2.45) is 0 Å². The van der Waals surface area contributed by atoms with Crippen molar-refractivity contribution in [1.29, 1.82) is 0 Å². The van der Waals surface area contributed by atoms with Gasteiger partial charge in [-0.1, -0.05) is 24.3 Å². The van der Waals surface area contributed by atoms with Crippen LogP contribution in [0.5, 0.6) is 5.75 Å². The Morgan fingerprint density at radius 1 is 1.11 bits per heavy atom. The highest BCUT2D eigenvalue weighted by molar-refractivity contribution is 5.84. The summed E-state index contributed by atoms with van der Waals surface area (Å²) in [6, 6.07) is 14.4. The topological polar surface area (TPSA) is 27.1 Å². The van der Waals surface area contributed by atoms with Gasteiger partial charge in [0.15, 0.2) is 0 Å². The molecule has 3 aromatic rings. The van der Waals surface area contributed by atoms with Crippen LogP contribution in [-0.4, -0.2) is 16.7 Å². The molecule has 0 bridgehead atoms. The van der Waals surface area contributed by atoms with Crippen molar-refractivity contribution in [2.75, 3.05) is 7.11 Å². The van der Waals surface area contributed by atoms with E-state index in [0.717, 1.165) is 23.6 Å². The van der Waals surface area contributed by atoms with E-state index in [1.165, 1.54) is 16.6 Å². The molecule has 2 heterocycles. The molecule has 0 N–H and O–H groups in total. The fourth-order valence-corrected chi connectivity index (χ4v) is 2.73. The highest BCUT2D eigenvalue weighted by atomic mass is 16.5. The van der Waals surface area contributed by atoms with Gasteiger partial charge in [0.25, 0.3) is 0 Å². The van der Waals surface area contributed by atoms with E-state index < -0.39 is 0 Å². The third kappa shape index (κ3) is 1.11. The maximum absolute atomic E-state index is 5.43. The molecule has 1 aliphatic rings. The molecule has 2 aromatic carbocycles. The summed E-state index contributed by atoms with van der Waals surface area (Å²) in [4.78, 5) is 4.72. The van der Waals surface area contributed by atoms with E-state index >= 15 is 0 Å². The van der Waals surface area contributed by atoms with Gasteiger partial charge in [0.2, 0.25) is 0 Å². The van der Waals surface area contributed by atoms with Gasteiger partial charge in [-0.2, -0.15) is 0 Å². The minimum Gasteiger partial charge on any atom is -0.496 e. The van der Waals surface area contributed by atoms with Gasteiger partial charge in [-0.05, 0) is 18.2 Å². The summed E-state index contributed by atoms with van der Waals surface area (Å²) < 4.78 is 7.68. The quantitative estimate of drug-likeness (QED) is 0.508. The Morgan fingerprint density at radius 2 is 2.00 bits per heavy atom. The number of hydrogen-bond acceptors (Lipinski definition) is 2. The fraction of sp³-hybridized carbons (Fsp3) is 0.133. The number of para-hydroxylation sites is 2. The first-order chi connectivity index (χ1) is 8.88. The van der Waals surface area contributed by atoms with Gasteiger partial charge in [-0.15, -0.1) is 0 Å². The van der Waals surface area contributed by atoms with Crippen molar-refractivity contribution < 1.29 is 4.74 Å². The number of methoxy groups -OCH3 is 1. The second-order valence-corrected chi connectivity index (χ2v) is 4.50. The molecular formula is C15H12N2O. The summed E-state index contributed by atoms with van der Waals surface area (Å²) in [5, 5.41) is 0. The molecule has 0 radical (unpaired) electrons. The van der Waals surface area contributed by atoms with Crippen molar-refractivity contribution in [2.45, 2.75) is 6.54 Å². The van der Waals surface area contributed by atoms with E-state index in [0.29, 0.717) is 0 Å². The first-order valence-electron chi connectivity index (χ1n) is 6.00. The third-order valence-electron chi connectivity index (χ3n) is 3.56. The molecule has 0 saturated carbocycles. The lowest BCUT2D eigenvalue weighted by Crippen LogP contribution is -1.94. The molecule has 0 saturated heterocycles. The van der Waals surface area contributed by atoms with Crippen LogP contribution >= 0.6 is 0 Å². The number of imidazole rings is 1. The number of rotatable bonds is 1. The molecule has 3 heteroatoms. The van der Waals surface area contributed by atoms with Crippen molar-refractivity contribution in [3.8, 4) is 17.1 Å². The van der Waals surface area contributed by atoms with Crippen molar-refractivity contribution in [3.05, 3.63) is 48.0 Å². The van der Waals surface area contributed by atoms with Gasteiger partial charge in [0, 0.05) is 11.1 Å². The lowest BCUT2D eigenvalue weighted by atomic mass is 10.1. The molecule has 1 aromatic heterocycles. The molecule has 18 heavy (non-hydrogen) atoms. The van der Waals surface area contributed by atoms with Crippen LogP contribution in [0.25, 0.3) is 22.4 Å². The summed E-state index contributed by atoms with van der Waals surface area (Å²) >= 11 is 0. The molecule has 1 aliphatic heterocycles. The third-order valence-corrected chi connectivity index (χ3v) is 3.56. The monoisotopic (exact) mass is 236 g/mol. The summed E-state index contributed by atoms with van der Waals surface area (Å²) in [6.07, 6.45) is 0. The summed E-state index contributed by atoms with van der Waals surface area (Å²) in [5.41, 5.74) is 4.66. The fourth-order valence-electron chi connectivity index (χ4n) is 2.73. The van der Waals surface area contributed by atoms with Gasteiger partial charge in [-0.3, -0.25) is 0 Å². The number of ether oxygens (including phenoxy) is 1. The maximum atomic E-state index is 5.43. The number of fused-ring (bicyclic) bond motifs is 5. The Bertz CT molecular complexity index is 758. The zero-order valence-corrected chi connectivity index (χ0v) is 10.1.